The molecule has 0 spiro atoms. The average molecular weight is 359 g/mol. The predicted octanol–water partition coefficient (Wildman–Crippen LogP) is 2.04. The molecule has 2 aliphatic heterocycles. The molecule has 2 saturated heterocycles. The summed E-state index contributed by atoms with van der Waals surface area (Å²) in [5, 5.41) is 3.63. The van der Waals surface area contributed by atoms with Crippen LogP contribution in [0.5, 0.6) is 0 Å². The first-order valence-corrected chi connectivity index (χ1v) is 9.65. The molecule has 6 nitrogen and oxygen atoms in total. The third kappa shape index (κ3) is 4.97. The lowest BCUT2D eigenvalue weighted by molar-refractivity contribution is -0.127. The summed E-state index contributed by atoms with van der Waals surface area (Å²) in [4.78, 5) is 27.8. The molecule has 2 amide bonds. The van der Waals surface area contributed by atoms with Gasteiger partial charge in [-0.25, -0.2) is 4.79 Å². The molecule has 0 aliphatic carbocycles. The van der Waals surface area contributed by atoms with Crippen LogP contribution >= 0.6 is 0 Å². The van der Waals surface area contributed by atoms with Gasteiger partial charge < -0.3 is 19.9 Å². The van der Waals surface area contributed by atoms with Gasteiger partial charge in [-0.15, -0.1) is 0 Å². The fourth-order valence-corrected chi connectivity index (χ4v) is 3.79. The van der Waals surface area contributed by atoms with Crippen LogP contribution in [0.4, 0.5) is 4.79 Å². The van der Waals surface area contributed by atoms with Crippen LogP contribution in [0.3, 0.4) is 0 Å². The molecule has 3 rings (SSSR count). The SMILES string of the molecule is CCOC(=O)N1CCC(NC2CC(=O)N(CCc3ccccc3)C2)CC1. The van der Waals surface area contributed by atoms with E-state index in [1.165, 1.54) is 5.56 Å². The fourth-order valence-electron chi connectivity index (χ4n) is 3.79. The molecule has 142 valence electrons. The molecule has 0 saturated carbocycles. The maximum Gasteiger partial charge on any atom is 0.409 e. The van der Waals surface area contributed by atoms with Crippen LogP contribution in [0, 0.1) is 0 Å². The quantitative estimate of drug-likeness (QED) is 0.844. The number of nitrogens with zero attached hydrogens (tertiary/aromatic N) is 2. The Kier molecular flexibility index (Phi) is 6.50. The van der Waals surface area contributed by atoms with E-state index < -0.39 is 0 Å². The Labute approximate surface area is 155 Å². The maximum atomic E-state index is 12.3. The molecule has 26 heavy (non-hydrogen) atoms. The number of amides is 2. The van der Waals surface area contributed by atoms with Gasteiger partial charge in [0.2, 0.25) is 5.91 Å². The summed E-state index contributed by atoms with van der Waals surface area (Å²) in [6.07, 6.45) is 3.08. The van der Waals surface area contributed by atoms with Crippen LogP contribution < -0.4 is 5.32 Å². The number of likely N-dealkylation sites (tertiary alicyclic amines) is 2. The van der Waals surface area contributed by atoms with Crippen LogP contribution in [0.15, 0.2) is 30.3 Å². The zero-order valence-corrected chi connectivity index (χ0v) is 15.5. The monoisotopic (exact) mass is 359 g/mol. The first-order chi connectivity index (χ1) is 12.7. The van der Waals surface area contributed by atoms with Crippen LogP contribution in [0.1, 0.15) is 31.7 Å². The average Bonchev–Trinajstić information content (AvgIpc) is 3.01. The van der Waals surface area contributed by atoms with Crippen molar-refractivity contribution in [3.05, 3.63) is 35.9 Å². The van der Waals surface area contributed by atoms with Crippen molar-refractivity contribution < 1.29 is 14.3 Å². The molecule has 0 aromatic heterocycles. The highest BCUT2D eigenvalue weighted by molar-refractivity contribution is 5.79. The Morgan fingerprint density at radius 3 is 2.62 bits per heavy atom. The molecular formula is C20H29N3O3. The minimum atomic E-state index is -0.214. The van der Waals surface area contributed by atoms with Gasteiger partial charge in [0.05, 0.1) is 6.61 Å². The Hall–Kier alpha value is -2.08. The number of ether oxygens (including phenoxy) is 1. The molecule has 1 unspecified atom stereocenters. The van der Waals surface area contributed by atoms with Crippen molar-refractivity contribution in [3.63, 3.8) is 0 Å². The molecule has 2 aliphatic rings. The summed E-state index contributed by atoms with van der Waals surface area (Å²) in [6.45, 7) is 5.24. The maximum absolute atomic E-state index is 12.3. The highest BCUT2D eigenvalue weighted by atomic mass is 16.6. The van der Waals surface area contributed by atoms with Gasteiger partial charge >= 0.3 is 6.09 Å². The van der Waals surface area contributed by atoms with Crippen LogP contribution in [-0.4, -0.2) is 66.7 Å². The highest BCUT2D eigenvalue weighted by Gasteiger charge is 2.32. The predicted molar refractivity (Wildman–Crippen MR) is 99.9 cm³/mol. The van der Waals surface area contributed by atoms with E-state index in [9.17, 15) is 9.59 Å². The molecule has 1 aromatic rings. The zero-order valence-electron chi connectivity index (χ0n) is 15.5. The number of carbonyl (C=O) groups excluding carboxylic acids is 2. The van der Waals surface area contributed by atoms with Gasteiger partial charge in [-0.1, -0.05) is 30.3 Å². The second kappa shape index (κ2) is 9.03. The molecule has 2 fully saturated rings. The van der Waals surface area contributed by atoms with E-state index in [1.54, 1.807) is 4.90 Å². The topological polar surface area (TPSA) is 61.9 Å². The molecule has 0 bridgehead atoms. The zero-order chi connectivity index (χ0) is 18.4. The van der Waals surface area contributed by atoms with Crippen molar-refractivity contribution in [2.24, 2.45) is 0 Å². The second-order valence-electron chi connectivity index (χ2n) is 7.10. The first-order valence-electron chi connectivity index (χ1n) is 9.65. The number of piperidine rings is 1. The number of benzene rings is 1. The third-order valence-corrected chi connectivity index (χ3v) is 5.22. The van der Waals surface area contributed by atoms with E-state index in [0.717, 1.165) is 45.4 Å². The Morgan fingerprint density at radius 1 is 1.19 bits per heavy atom. The summed E-state index contributed by atoms with van der Waals surface area (Å²) in [6, 6.07) is 10.9. The molecular weight excluding hydrogens is 330 g/mol. The molecule has 1 N–H and O–H groups in total. The Morgan fingerprint density at radius 2 is 1.92 bits per heavy atom. The van der Waals surface area contributed by atoms with Crippen LogP contribution in [0.25, 0.3) is 0 Å². The van der Waals surface area contributed by atoms with Crippen molar-refractivity contribution in [1.82, 2.24) is 15.1 Å². The van der Waals surface area contributed by atoms with E-state index in [4.69, 9.17) is 4.74 Å². The summed E-state index contributed by atoms with van der Waals surface area (Å²) < 4.78 is 5.06. The molecule has 6 heteroatoms. The first kappa shape index (κ1) is 18.7. The van der Waals surface area contributed by atoms with Gasteiger partial charge in [0, 0.05) is 44.7 Å². The summed E-state index contributed by atoms with van der Waals surface area (Å²) in [7, 11) is 0. The van der Waals surface area contributed by atoms with Gasteiger partial charge in [-0.05, 0) is 31.7 Å². The molecule has 1 aromatic carbocycles. The van der Waals surface area contributed by atoms with Crippen molar-refractivity contribution in [1.29, 1.82) is 0 Å². The van der Waals surface area contributed by atoms with E-state index in [-0.39, 0.29) is 18.0 Å². The number of hydrogen-bond acceptors (Lipinski definition) is 4. The van der Waals surface area contributed by atoms with E-state index >= 15 is 0 Å². The Balaban J connectivity index is 1.40. The van der Waals surface area contributed by atoms with Crippen molar-refractivity contribution >= 4 is 12.0 Å². The fraction of sp³-hybridized carbons (Fsp3) is 0.600. The Bertz CT molecular complexity index is 600. The standard InChI is InChI=1S/C20H29N3O3/c1-2-26-20(25)22-12-9-17(10-13-22)21-18-14-19(24)23(15-18)11-8-16-6-4-3-5-7-16/h3-7,17-18,21H,2,8-15H2,1H3. The van der Waals surface area contributed by atoms with Gasteiger partial charge in [-0.2, -0.15) is 0 Å². The third-order valence-electron chi connectivity index (χ3n) is 5.22. The molecule has 0 radical (unpaired) electrons. The molecule has 2 heterocycles. The summed E-state index contributed by atoms with van der Waals surface area (Å²) in [5.74, 6) is 0.238. The van der Waals surface area contributed by atoms with Gasteiger partial charge in [0.15, 0.2) is 0 Å². The molecule has 1 atom stereocenters. The summed E-state index contributed by atoms with van der Waals surface area (Å²) >= 11 is 0. The van der Waals surface area contributed by atoms with Crippen molar-refractivity contribution in [2.45, 2.75) is 44.7 Å². The van der Waals surface area contributed by atoms with E-state index in [1.807, 2.05) is 30.0 Å². The lowest BCUT2D eigenvalue weighted by atomic mass is 10.0. The smallest absolute Gasteiger partial charge is 0.409 e. The highest BCUT2D eigenvalue weighted by Crippen LogP contribution is 2.17. The van der Waals surface area contributed by atoms with Gasteiger partial charge in [-0.3, -0.25) is 4.79 Å². The number of nitrogens with one attached hydrogen (secondary N) is 1. The lowest BCUT2D eigenvalue weighted by Gasteiger charge is -2.33. The van der Waals surface area contributed by atoms with Gasteiger partial charge in [0.1, 0.15) is 0 Å². The number of carbonyl (C=O) groups is 2. The number of rotatable bonds is 6. The van der Waals surface area contributed by atoms with E-state index in [0.29, 0.717) is 19.1 Å². The lowest BCUT2D eigenvalue weighted by Crippen LogP contribution is -2.48. The van der Waals surface area contributed by atoms with Crippen LogP contribution in [0.2, 0.25) is 0 Å². The van der Waals surface area contributed by atoms with Crippen LogP contribution in [-0.2, 0) is 16.0 Å². The van der Waals surface area contributed by atoms with Crippen molar-refractivity contribution in [3.8, 4) is 0 Å². The minimum Gasteiger partial charge on any atom is -0.450 e. The van der Waals surface area contributed by atoms with E-state index in [2.05, 4.69) is 17.4 Å². The second-order valence-corrected chi connectivity index (χ2v) is 7.10. The normalized spacial score (nSPS) is 21.3. The van der Waals surface area contributed by atoms with Crippen molar-refractivity contribution in [2.75, 3.05) is 32.8 Å². The largest absolute Gasteiger partial charge is 0.450 e. The minimum absolute atomic E-state index is 0.214. The summed E-state index contributed by atoms with van der Waals surface area (Å²) in [5.41, 5.74) is 1.27. The van der Waals surface area contributed by atoms with Gasteiger partial charge in [0.25, 0.3) is 0 Å². The number of hydrogen-bond donors (Lipinski definition) is 1.